The minimum atomic E-state index is -0.864. The average Bonchev–Trinajstić information content (AvgIpc) is 2.82. The Hall–Kier alpha value is -1.62. The van der Waals surface area contributed by atoms with Crippen LogP contribution in [0.2, 0.25) is 0 Å². The van der Waals surface area contributed by atoms with Crippen LogP contribution >= 0.6 is 0 Å². The van der Waals surface area contributed by atoms with Crippen molar-refractivity contribution in [3.63, 3.8) is 0 Å². The molecule has 3 N–H and O–H groups in total. The summed E-state index contributed by atoms with van der Waals surface area (Å²) >= 11 is 0. The Labute approximate surface area is 104 Å². The van der Waals surface area contributed by atoms with Gasteiger partial charge in [0.2, 0.25) is 0 Å². The molecule has 0 spiro atoms. The monoisotopic (exact) mass is 253 g/mol. The number of hydrogen-bond acceptors (Lipinski definition) is 3. The number of phenolic OH excluding ortho intramolecular Hbond substituents is 1. The molecule has 1 heterocycles. The lowest BCUT2D eigenvalue weighted by Gasteiger charge is -2.14. The Morgan fingerprint density at radius 2 is 2.28 bits per heavy atom. The van der Waals surface area contributed by atoms with Crippen LogP contribution in [0, 0.1) is 11.7 Å². The number of phenols is 1. The molecule has 5 heteroatoms. The smallest absolute Gasteiger partial charge is 0.307 e. The van der Waals surface area contributed by atoms with Crippen molar-refractivity contribution in [1.82, 2.24) is 5.32 Å². The third-order valence-electron chi connectivity index (χ3n) is 3.42. The molecule has 1 saturated heterocycles. The summed E-state index contributed by atoms with van der Waals surface area (Å²) < 4.78 is 13.5. The van der Waals surface area contributed by atoms with Crippen LogP contribution in [0.1, 0.15) is 30.5 Å². The molecule has 0 saturated carbocycles. The SMILES string of the molecule is CCc1cc(F)c(O)c(C2CC(C(=O)O)CN2)c1. The molecular formula is C13H16FNO3. The van der Waals surface area contributed by atoms with Crippen molar-refractivity contribution in [3.05, 3.63) is 29.1 Å². The minimum Gasteiger partial charge on any atom is -0.505 e. The van der Waals surface area contributed by atoms with Crippen LogP contribution in [0.3, 0.4) is 0 Å². The number of carboxylic acid groups (broad SMARTS) is 1. The first-order valence-electron chi connectivity index (χ1n) is 6.00. The van der Waals surface area contributed by atoms with Gasteiger partial charge in [-0.05, 0) is 24.5 Å². The number of carbonyl (C=O) groups is 1. The average molecular weight is 253 g/mol. The third-order valence-corrected chi connectivity index (χ3v) is 3.42. The number of aryl methyl sites for hydroxylation is 1. The highest BCUT2D eigenvalue weighted by molar-refractivity contribution is 5.71. The van der Waals surface area contributed by atoms with E-state index in [0.29, 0.717) is 24.9 Å². The fraction of sp³-hybridized carbons (Fsp3) is 0.462. The fourth-order valence-corrected chi connectivity index (χ4v) is 2.31. The van der Waals surface area contributed by atoms with Crippen LogP contribution < -0.4 is 5.32 Å². The van der Waals surface area contributed by atoms with Gasteiger partial charge < -0.3 is 15.5 Å². The highest BCUT2D eigenvalue weighted by Gasteiger charge is 2.32. The van der Waals surface area contributed by atoms with Gasteiger partial charge in [0, 0.05) is 18.2 Å². The zero-order valence-electron chi connectivity index (χ0n) is 10.1. The van der Waals surface area contributed by atoms with E-state index in [1.165, 1.54) is 6.07 Å². The van der Waals surface area contributed by atoms with Gasteiger partial charge in [0.05, 0.1) is 5.92 Å². The second-order valence-electron chi connectivity index (χ2n) is 4.60. The van der Waals surface area contributed by atoms with Gasteiger partial charge in [-0.25, -0.2) is 4.39 Å². The topological polar surface area (TPSA) is 69.6 Å². The normalized spacial score (nSPS) is 23.2. The zero-order valence-corrected chi connectivity index (χ0v) is 10.1. The minimum absolute atomic E-state index is 0.299. The standard InChI is InChI=1S/C13H16FNO3/c1-2-7-3-9(12(16)10(14)4-7)11-5-8(6-15-11)13(17)18/h3-4,8,11,15-16H,2,5-6H2,1H3,(H,17,18). The van der Waals surface area contributed by atoms with E-state index < -0.39 is 17.7 Å². The summed E-state index contributed by atoms with van der Waals surface area (Å²) in [6.07, 6.45) is 1.04. The molecule has 4 nitrogen and oxygen atoms in total. The van der Waals surface area contributed by atoms with Crippen molar-refractivity contribution in [2.45, 2.75) is 25.8 Å². The van der Waals surface area contributed by atoms with Gasteiger partial charge in [-0.2, -0.15) is 0 Å². The van der Waals surface area contributed by atoms with Gasteiger partial charge in [-0.15, -0.1) is 0 Å². The summed E-state index contributed by atoms with van der Waals surface area (Å²) in [5, 5.41) is 21.7. The van der Waals surface area contributed by atoms with Gasteiger partial charge in [0.15, 0.2) is 11.6 Å². The van der Waals surface area contributed by atoms with Crippen molar-refractivity contribution >= 4 is 5.97 Å². The summed E-state index contributed by atoms with van der Waals surface area (Å²) in [5.74, 6) is -2.37. The molecule has 2 atom stereocenters. The highest BCUT2D eigenvalue weighted by Crippen LogP contribution is 2.35. The molecule has 2 rings (SSSR count). The molecule has 0 amide bonds. The quantitative estimate of drug-likeness (QED) is 0.768. The number of benzene rings is 1. The lowest BCUT2D eigenvalue weighted by molar-refractivity contribution is -0.141. The van der Waals surface area contributed by atoms with Crippen LogP contribution in [0.15, 0.2) is 12.1 Å². The Balaban J connectivity index is 2.29. The summed E-state index contributed by atoms with van der Waals surface area (Å²) in [5.41, 5.74) is 1.25. The van der Waals surface area contributed by atoms with Crippen molar-refractivity contribution < 1.29 is 19.4 Å². The number of hydrogen-bond donors (Lipinski definition) is 3. The molecule has 0 bridgehead atoms. The van der Waals surface area contributed by atoms with Crippen LogP contribution in [-0.4, -0.2) is 22.7 Å². The first-order chi connectivity index (χ1) is 8.52. The third kappa shape index (κ3) is 2.31. The Kier molecular flexibility index (Phi) is 3.52. The molecule has 0 aromatic heterocycles. The number of aliphatic carboxylic acids is 1. The van der Waals surface area contributed by atoms with Gasteiger partial charge in [-0.1, -0.05) is 13.0 Å². The number of rotatable bonds is 3. The van der Waals surface area contributed by atoms with E-state index in [9.17, 15) is 14.3 Å². The summed E-state index contributed by atoms with van der Waals surface area (Å²) in [6, 6.07) is 2.75. The summed E-state index contributed by atoms with van der Waals surface area (Å²) in [6.45, 7) is 2.25. The molecule has 1 aromatic carbocycles. The van der Waals surface area contributed by atoms with Crippen molar-refractivity contribution in [3.8, 4) is 5.75 Å². The number of nitrogens with one attached hydrogen (secondary N) is 1. The van der Waals surface area contributed by atoms with E-state index in [-0.39, 0.29) is 11.8 Å². The van der Waals surface area contributed by atoms with Crippen molar-refractivity contribution in [1.29, 1.82) is 0 Å². The first kappa shape index (κ1) is 12.8. The highest BCUT2D eigenvalue weighted by atomic mass is 19.1. The maximum absolute atomic E-state index is 13.5. The lowest BCUT2D eigenvalue weighted by Crippen LogP contribution is -2.17. The number of halogens is 1. The van der Waals surface area contributed by atoms with Gasteiger partial charge in [0.25, 0.3) is 0 Å². The Morgan fingerprint density at radius 3 is 2.83 bits per heavy atom. The molecule has 0 aliphatic carbocycles. The molecule has 18 heavy (non-hydrogen) atoms. The summed E-state index contributed by atoms with van der Waals surface area (Å²) in [7, 11) is 0. The Bertz CT molecular complexity index is 476. The molecule has 0 radical (unpaired) electrons. The van der Waals surface area contributed by atoms with Gasteiger partial charge >= 0.3 is 5.97 Å². The lowest BCUT2D eigenvalue weighted by atomic mass is 9.97. The van der Waals surface area contributed by atoms with E-state index >= 15 is 0 Å². The second-order valence-corrected chi connectivity index (χ2v) is 4.60. The predicted molar refractivity (Wildman–Crippen MR) is 63.9 cm³/mol. The van der Waals surface area contributed by atoms with Crippen LogP contribution in [-0.2, 0) is 11.2 Å². The Morgan fingerprint density at radius 1 is 1.56 bits per heavy atom. The van der Waals surface area contributed by atoms with Crippen LogP contribution in [0.5, 0.6) is 5.75 Å². The van der Waals surface area contributed by atoms with Gasteiger partial charge in [0.1, 0.15) is 0 Å². The number of aromatic hydroxyl groups is 1. The maximum atomic E-state index is 13.5. The van der Waals surface area contributed by atoms with Crippen molar-refractivity contribution in [2.24, 2.45) is 5.92 Å². The van der Waals surface area contributed by atoms with Crippen LogP contribution in [0.4, 0.5) is 4.39 Å². The molecule has 98 valence electrons. The van der Waals surface area contributed by atoms with Gasteiger partial charge in [-0.3, -0.25) is 4.79 Å². The van der Waals surface area contributed by atoms with E-state index in [2.05, 4.69) is 5.32 Å². The molecular weight excluding hydrogens is 237 g/mol. The fourth-order valence-electron chi connectivity index (χ4n) is 2.31. The first-order valence-corrected chi connectivity index (χ1v) is 6.00. The van der Waals surface area contributed by atoms with E-state index in [1.807, 2.05) is 6.92 Å². The molecule has 2 unspecified atom stereocenters. The van der Waals surface area contributed by atoms with Crippen molar-refractivity contribution in [2.75, 3.05) is 6.54 Å². The summed E-state index contributed by atoms with van der Waals surface area (Å²) in [4.78, 5) is 10.9. The molecule has 1 aliphatic rings. The van der Waals surface area contributed by atoms with E-state index in [1.54, 1.807) is 6.07 Å². The molecule has 1 aliphatic heterocycles. The molecule has 1 aromatic rings. The second kappa shape index (κ2) is 4.94. The van der Waals surface area contributed by atoms with Crippen LogP contribution in [0.25, 0.3) is 0 Å². The molecule has 1 fully saturated rings. The zero-order chi connectivity index (χ0) is 13.3. The van der Waals surface area contributed by atoms with E-state index in [4.69, 9.17) is 5.11 Å². The number of carboxylic acids is 1. The maximum Gasteiger partial charge on any atom is 0.307 e. The van der Waals surface area contributed by atoms with E-state index in [0.717, 1.165) is 5.56 Å². The predicted octanol–water partition coefficient (Wildman–Crippen LogP) is 1.83. The largest absolute Gasteiger partial charge is 0.505 e.